The third-order valence-electron chi connectivity index (χ3n) is 3.53. The molecule has 2 N–H and O–H groups in total. The fraction of sp³-hybridized carbons (Fsp3) is 0.647. The molecule has 0 saturated carbocycles. The van der Waals surface area contributed by atoms with Crippen molar-refractivity contribution < 1.29 is 9.84 Å². The minimum Gasteiger partial charge on any atom is -0.504 e. The highest BCUT2D eigenvalue weighted by Gasteiger charge is 2.16. The second kappa shape index (κ2) is 8.25. The van der Waals surface area contributed by atoms with Gasteiger partial charge in [-0.1, -0.05) is 19.9 Å². The maximum absolute atomic E-state index is 9.68. The van der Waals surface area contributed by atoms with Gasteiger partial charge in [0.1, 0.15) is 0 Å². The number of phenolic OH excluding ortho intramolecular Hbond substituents is 1. The number of ether oxygens (including phenoxy) is 1. The van der Waals surface area contributed by atoms with Crippen LogP contribution in [0.5, 0.6) is 11.5 Å². The van der Waals surface area contributed by atoms with E-state index in [1.54, 1.807) is 13.2 Å². The maximum Gasteiger partial charge on any atom is 0.160 e. The van der Waals surface area contributed by atoms with Crippen LogP contribution in [0.2, 0.25) is 0 Å². The molecule has 120 valence electrons. The monoisotopic (exact) mass is 294 g/mol. The van der Waals surface area contributed by atoms with Crippen molar-refractivity contribution in [2.75, 3.05) is 27.7 Å². The molecule has 0 amide bonds. The van der Waals surface area contributed by atoms with Crippen LogP contribution in [0, 0.1) is 5.92 Å². The van der Waals surface area contributed by atoms with Gasteiger partial charge in [-0.15, -0.1) is 0 Å². The van der Waals surface area contributed by atoms with Gasteiger partial charge in [-0.05, 0) is 51.1 Å². The minimum atomic E-state index is 0.181. The molecule has 4 nitrogen and oxygen atoms in total. The third kappa shape index (κ3) is 5.94. The Balaban J connectivity index is 2.78. The SMILES string of the molecule is COc1cc(C(C)NC(CC(C)C)CN(C)C)ccc1O. The van der Waals surface area contributed by atoms with Gasteiger partial charge in [-0.2, -0.15) is 0 Å². The van der Waals surface area contributed by atoms with Gasteiger partial charge < -0.3 is 20.1 Å². The van der Waals surface area contributed by atoms with Crippen molar-refractivity contribution in [2.24, 2.45) is 5.92 Å². The standard InChI is InChI=1S/C17H30N2O2/c1-12(2)9-15(11-19(4)5)18-13(3)14-7-8-16(20)17(10-14)21-6/h7-8,10,12-13,15,18,20H,9,11H2,1-6H3. The fourth-order valence-electron chi connectivity index (χ4n) is 2.62. The summed E-state index contributed by atoms with van der Waals surface area (Å²) in [6.07, 6.45) is 1.14. The summed E-state index contributed by atoms with van der Waals surface area (Å²) in [6.45, 7) is 7.66. The Bertz CT molecular complexity index is 423. The van der Waals surface area contributed by atoms with Crippen LogP contribution in [-0.2, 0) is 0 Å². The van der Waals surface area contributed by atoms with E-state index in [0.29, 0.717) is 17.7 Å². The van der Waals surface area contributed by atoms with E-state index >= 15 is 0 Å². The predicted molar refractivity (Wildman–Crippen MR) is 88.0 cm³/mol. The van der Waals surface area contributed by atoms with Crippen LogP contribution in [0.1, 0.15) is 38.8 Å². The molecule has 0 radical (unpaired) electrons. The number of nitrogens with zero attached hydrogens (tertiary/aromatic N) is 1. The summed E-state index contributed by atoms with van der Waals surface area (Å²) >= 11 is 0. The Hall–Kier alpha value is -1.26. The quantitative estimate of drug-likeness (QED) is 0.773. The molecule has 0 aliphatic rings. The smallest absolute Gasteiger partial charge is 0.160 e. The van der Waals surface area contributed by atoms with Gasteiger partial charge in [0.15, 0.2) is 11.5 Å². The summed E-state index contributed by atoms with van der Waals surface area (Å²) in [4.78, 5) is 2.21. The molecule has 1 aromatic carbocycles. The molecule has 0 heterocycles. The number of likely N-dealkylation sites (N-methyl/N-ethyl adjacent to an activating group) is 1. The van der Waals surface area contributed by atoms with E-state index in [0.717, 1.165) is 18.5 Å². The highest BCUT2D eigenvalue weighted by Crippen LogP contribution is 2.29. The highest BCUT2D eigenvalue weighted by molar-refractivity contribution is 5.42. The third-order valence-corrected chi connectivity index (χ3v) is 3.53. The molecule has 2 unspecified atom stereocenters. The predicted octanol–water partition coefficient (Wildman–Crippen LogP) is 3.03. The molecule has 0 aliphatic carbocycles. The first-order valence-corrected chi connectivity index (χ1v) is 7.61. The molecule has 1 rings (SSSR count). The number of phenols is 1. The van der Waals surface area contributed by atoms with Crippen LogP contribution in [0.15, 0.2) is 18.2 Å². The zero-order chi connectivity index (χ0) is 16.0. The van der Waals surface area contributed by atoms with Crippen LogP contribution >= 0.6 is 0 Å². The molecule has 0 aromatic heterocycles. The van der Waals surface area contributed by atoms with Crippen LogP contribution in [0.3, 0.4) is 0 Å². The number of rotatable bonds is 8. The molecule has 0 aliphatic heterocycles. The zero-order valence-electron chi connectivity index (χ0n) is 14.2. The molecular weight excluding hydrogens is 264 g/mol. The molecule has 1 aromatic rings. The van der Waals surface area contributed by atoms with Gasteiger partial charge in [0.25, 0.3) is 0 Å². The lowest BCUT2D eigenvalue weighted by molar-refractivity contribution is 0.290. The van der Waals surface area contributed by atoms with E-state index < -0.39 is 0 Å². The average Bonchev–Trinajstić information content (AvgIpc) is 2.37. The molecule has 0 bridgehead atoms. The second-order valence-corrected chi connectivity index (χ2v) is 6.41. The van der Waals surface area contributed by atoms with Gasteiger partial charge in [-0.25, -0.2) is 0 Å². The first-order valence-electron chi connectivity index (χ1n) is 7.61. The van der Waals surface area contributed by atoms with Gasteiger partial charge in [0.05, 0.1) is 7.11 Å². The van der Waals surface area contributed by atoms with Crippen LogP contribution in [-0.4, -0.2) is 43.8 Å². The number of hydrogen-bond acceptors (Lipinski definition) is 4. The van der Waals surface area contributed by atoms with Gasteiger partial charge in [0.2, 0.25) is 0 Å². The number of methoxy groups -OCH3 is 1. The molecular formula is C17H30N2O2. The number of hydrogen-bond donors (Lipinski definition) is 2. The lowest BCUT2D eigenvalue weighted by Crippen LogP contribution is -2.40. The maximum atomic E-state index is 9.68. The number of benzene rings is 1. The largest absolute Gasteiger partial charge is 0.504 e. The minimum absolute atomic E-state index is 0.181. The first-order chi connectivity index (χ1) is 9.83. The van der Waals surface area contributed by atoms with Gasteiger partial charge >= 0.3 is 0 Å². The van der Waals surface area contributed by atoms with E-state index in [1.807, 2.05) is 12.1 Å². The van der Waals surface area contributed by atoms with Gasteiger partial charge in [-0.3, -0.25) is 0 Å². The van der Waals surface area contributed by atoms with E-state index in [-0.39, 0.29) is 11.8 Å². The normalized spacial score (nSPS) is 14.5. The van der Waals surface area contributed by atoms with E-state index in [4.69, 9.17) is 4.74 Å². The topological polar surface area (TPSA) is 44.7 Å². The van der Waals surface area contributed by atoms with E-state index in [2.05, 4.69) is 45.1 Å². The van der Waals surface area contributed by atoms with Crippen molar-refractivity contribution in [1.82, 2.24) is 10.2 Å². The number of aromatic hydroxyl groups is 1. The van der Waals surface area contributed by atoms with Crippen LogP contribution < -0.4 is 10.1 Å². The fourth-order valence-corrected chi connectivity index (χ4v) is 2.62. The van der Waals surface area contributed by atoms with E-state index in [1.165, 1.54) is 0 Å². The Kier molecular flexibility index (Phi) is 6.99. The van der Waals surface area contributed by atoms with Crippen molar-refractivity contribution in [3.63, 3.8) is 0 Å². The molecule has 0 fully saturated rings. The van der Waals surface area contributed by atoms with E-state index in [9.17, 15) is 5.11 Å². The highest BCUT2D eigenvalue weighted by atomic mass is 16.5. The molecule has 0 saturated heterocycles. The summed E-state index contributed by atoms with van der Waals surface area (Å²) in [7, 11) is 5.77. The summed E-state index contributed by atoms with van der Waals surface area (Å²) in [6, 6.07) is 6.18. The van der Waals surface area contributed by atoms with Crippen LogP contribution in [0.4, 0.5) is 0 Å². The molecule has 0 spiro atoms. The summed E-state index contributed by atoms with van der Waals surface area (Å²) in [5.41, 5.74) is 1.12. The second-order valence-electron chi connectivity index (χ2n) is 6.41. The number of nitrogens with one attached hydrogen (secondary N) is 1. The van der Waals surface area contributed by atoms with Crippen molar-refractivity contribution in [3.8, 4) is 11.5 Å². The zero-order valence-corrected chi connectivity index (χ0v) is 14.2. The first kappa shape index (κ1) is 17.8. The lowest BCUT2D eigenvalue weighted by atomic mass is 10.0. The summed E-state index contributed by atoms with van der Waals surface area (Å²) in [5.74, 6) is 1.36. The average molecular weight is 294 g/mol. The Labute approximate surface area is 129 Å². The molecule has 4 heteroatoms. The molecule has 21 heavy (non-hydrogen) atoms. The Morgan fingerprint density at radius 3 is 2.43 bits per heavy atom. The van der Waals surface area contributed by atoms with Crippen molar-refractivity contribution in [2.45, 2.75) is 39.3 Å². The van der Waals surface area contributed by atoms with Crippen LogP contribution in [0.25, 0.3) is 0 Å². The van der Waals surface area contributed by atoms with Gasteiger partial charge in [0, 0.05) is 18.6 Å². The Morgan fingerprint density at radius 2 is 1.90 bits per heavy atom. The molecule has 2 atom stereocenters. The lowest BCUT2D eigenvalue weighted by Gasteiger charge is -2.27. The van der Waals surface area contributed by atoms with Crippen molar-refractivity contribution >= 4 is 0 Å². The Morgan fingerprint density at radius 1 is 1.24 bits per heavy atom. The van der Waals surface area contributed by atoms with Crippen molar-refractivity contribution in [1.29, 1.82) is 0 Å². The van der Waals surface area contributed by atoms with Crippen molar-refractivity contribution in [3.05, 3.63) is 23.8 Å². The summed E-state index contributed by atoms with van der Waals surface area (Å²) < 4.78 is 5.18. The summed E-state index contributed by atoms with van der Waals surface area (Å²) in [5, 5.41) is 13.4.